The molecule has 0 radical (unpaired) electrons. The maximum atomic E-state index is 12.3. The van der Waals surface area contributed by atoms with E-state index >= 15 is 0 Å². The van der Waals surface area contributed by atoms with Gasteiger partial charge in [0.15, 0.2) is 5.78 Å². The highest BCUT2D eigenvalue weighted by atomic mass is 79.9. The summed E-state index contributed by atoms with van der Waals surface area (Å²) in [6, 6.07) is 5.46. The molecule has 2 N–H and O–H groups in total. The van der Waals surface area contributed by atoms with Crippen LogP contribution in [0.2, 0.25) is 0 Å². The first-order valence-electron chi connectivity index (χ1n) is 7.47. The quantitative estimate of drug-likeness (QED) is 0.714. The van der Waals surface area contributed by atoms with Crippen LogP contribution in [-0.4, -0.2) is 37.9 Å². The summed E-state index contributed by atoms with van der Waals surface area (Å²) in [5.74, 6) is 0.371. The monoisotopic (exact) mass is 404 g/mol. The fraction of sp³-hybridized carbons (Fsp3) is 0.500. The third-order valence-corrected chi connectivity index (χ3v) is 4.20. The Hall–Kier alpha value is -1.11. The maximum absolute atomic E-state index is 12.3. The summed E-state index contributed by atoms with van der Waals surface area (Å²) in [6.45, 7) is 1.81. The van der Waals surface area contributed by atoms with Gasteiger partial charge < -0.3 is 15.4 Å². The standard InChI is InChI=1S/C16H21BrN2O3.ClH/c1-22-15-6-4-11(17)9-13(15)14(20)5-7-16(21)19-12-3-2-8-18-10-12;/h4,6,9,12,18H,2-3,5,7-8,10H2,1H3,(H,19,21);1H. The number of piperidine rings is 1. The van der Waals surface area contributed by atoms with Crippen molar-refractivity contribution in [2.75, 3.05) is 20.2 Å². The third-order valence-electron chi connectivity index (χ3n) is 3.70. The molecule has 1 fully saturated rings. The smallest absolute Gasteiger partial charge is 0.220 e. The van der Waals surface area contributed by atoms with Gasteiger partial charge in [0.1, 0.15) is 5.75 Å². The summed E-state index contributed by atoms with van der Waals surface area (Å²) in [5, 5.41) is 6.22. The summed E-state index contributed by atoms with van der Waals surface area (Å²) in [5.41, 5.74) is 0.504. The summed E-state index contributed by atoms with van der Waals surface area (Å²) in [6.07, 6.45) is 2.44. The van der Waals surface area contributed by atoms with Gasteiger partial charge in [-0.3, -0.25) is 9.59 Å². The van der Waals surface area contributed by atoms with E-state index in [4.69, 9.17) is 4.74 Å². The number of halogens is 2. The molecule has 2 rings (SSSR count). The van der Waals surface area contributed by atoms with E-state index in [1.807, 2.05) is 6.07 Å². The fourth-order valence-corrected chi connectivity index (χ4v) is 2.90. The molecular weight excluding hydrogens is 384 g/mol. The van der Waals surface area contributed by atoms with Gasteiger partial charge >= 0.3 is 0 Å². The van der Waals surface area contributed by atoms with Crippen LogP contribution in [0.5, 0.6) is 5.75 Å². The molecule has 1 aliphatic rings. The van der Waals surface area contributed by atoms with Gasteiger partial charge in [-0.1, -0.05) is 15.9 Å². The molecule has 0 bridgehead atoms. The van der Waals surface area contributed by atoms with Gasteiger partial charge in [-0.2, -0.15) is 0 Å². The van der Waals surface area contributed by atoms with Crippen molar-refractivity contribution in [3.63, 3.8) is 0 Å². The molecule has 0 spiro atoms. The molecule has 1 aliphatic heterocycles. The van der Waals surface area contributed by atoms with Gasteiger partial charge in [-0.15, -0.1) is 12.4 Å². The molecule has 1 atom stereocenters. The van der Waals surface area contributed by atoms with Gasteiger partial charge in [0.2, 0.25) is 5.91 Å². The number of benzene rings is 1. The van der Waals surface area contributed by atoms with Gasteiger partial charge in [-0.05, 0) is 37.6 Å². The minimum Gasteiger partial charge on any atom is -0.496 e. The van der Waals surface area contributed by atoms with Crippen molar-refractivity contribution in [2.24, 2.45) is 0 Å². The summed E-state index contributed by atoms with van der Waals surface area (Å²) in [4.78, 5) is 24.2. The number of Topliss-reactive ketones (excluding diaryl/α,β-unsaturated/α-hetero) is 1. The first kappa shape index (κ1) is 19.9. The van der Waals surface area contributed by atoms with E-state index in [0.717, 1.165) is 30.4 Å². The predicted octanol–water partition coefficient (Wildman–Crippen LogP) is 2.71. The molecule has 1 aromatic rings. The van der Waals surface area contributed by atoms with Crippen LogP contribution < -0.4 is 15.4 Å². The lowest BCUT2D eigenvalue weighted by Gasteiger charge is -2.23. The highest BCUT2D eigenvalue weighted by molar-refractivity contribution is 9.10. The van der Waals surface area contributed by atoms with Crippen LogP contribution in [0.1, 0.15) is 36.0 Å². The Labute approximate surface area is 151 Å². The molecule has 0 aliphatic carbocycles. The van der Waals surface area contributed by atoms with E-state index in [1.165, 1.54) is 7.11 Å². The zero-order chi connectivity index (χ0) is 15.9. The molecule has 23 heavy (non-hydrogen) atoms. The largest absolute Gasteiger partial charge is 0.496 e. The molecule has 0 aromatic heterocycles. The van der Waals surface area contributed by atoms with E-state index < -0.39 is 0 Å². The topological polar surface area (TPSA) is 67.4 Å². The Morgan fingerprint density at radius 2 is 2.17 bits per heavy atom. The number of nitrogens with one attached hydrogen (secondary N) is 2. The van der Waals surface area contributed by atoms with Crippen molar-refractivity contribution in [3.05, 3.63) is 28.2 Å². The number of hydrogen-bond acceptors (Lipinski definition) is 4. The number of carbonyl (C=O) groups excluding carboxylic acids is 2. The molecule has 1 heterocycles. The number of ether oxygens (including phenoxy) is 1. The molecule has 0 saturated carbocycles. The van der Waals surface area contributed by atoms with Crippen LogP contribution in [0.3, 0.4) is 0 Å². The van der Waals surface area contributed by atoms with Crippen LogP contribution in [0.4, 0.5) is 0 Å². The van der Waals surface area contributed by atoms with Crippen LogP contribution in [0.15, 0.2) is 22.7 Å². The molecule has 1 saturated heterocycles. The number of methoxy groups -OCH3 is 1. The fourth-order valence-electron chi connectivity index (χ4n) is 2.53. The van der Waals surface area contributed by atoms with Crippen molar-refractivity contribution >= 4 is 40.0 Å². The first-order valence-corrected chi connectivity index (χ1v) is 8.26. The second-order valence-electron chi connectivity index (χ2n) is 5.38. The Morgan fingerprint density at radius 3 is 2.83 bits per heavy atom. The van der Waals surface area contributed by atoms with E-state index in [1.54, 1.807) is 12.1 Å². The normalized spacial score (nSPS) is 17.0. The van der Waals surface area contributed by atoms with Gasteiger partial charge in [0.25, 0.3) is 0 Å². The molecule has 128 valence electrons. The molecular formula is C16H22BrClN2O3. The number of carbonyl (C=O) groups is 2. The minimum atomic E-state index is -0.0879. The van der Waals surface area contributed by atoms with E-state index in [2.05, 4.69) is 26.6 Å². The molecule has 1 aromatic carbocycles. The van der Waals surface area contributed by atoms with E-state index in [0.29, 0.717) is 11.3 Å². The summed E-state index contributed by atoms with van der Waals surface area (Å²) in [7, 11) is 1.53. The number of hydrogen-bond donors (Lipinski definition) is 2. The van der Waals surface area contributed by atoms with Crippen molar-refractivity contribution < 1.29 is 14.3 Å². The summed E-state index contributed by atoms with van der Waals surface area (Å²) < 4.78 is 6.01. The molecule has 1 unspecified atom stereocenters. The lowest BCUT2D eigenvalue weighted by Crippen LogP contribution is -2.45. The highest BCUT2D eigenvalue weighted by Crippen LogP contribution is 2.24. The predicted molar refractivity (Wildman–Crippen MR) is 95.5 cm³/mol. The van der Waals surface area contributed by atoms with Gasteiger partial charge in [-0.25, -0.2) is 0 Å². The van der Waals surface area contributed by atoms with Gasteiger partial charge in [0, 0.05) is 29.9 Å². The molecule has 1 amide bonds. The van der Waals surface area contributed by atoms with E-state index in [-0.39, 0.29) is 43.0 Å². The van der Waals surface area contributed by atoms with Crippen LogP contribution >= 0.6 is 28.3 Å². The molecule has 7 heteroatoms. The number of ketones is 1. The van der Waals surface area contributed by atoms with Crippen LogP contribution in [0, 0.1) is 0 Å². The minimum absolute atomic E-state index is 0. The second kappa shape index (κ2) is 9.90. The van der Waals surface area contributed by atoms with Crippen molar-refractivity contribution in [2.45, 2.75) is 31.7 Å². The Bertz CT molecular complexity index is 548. The maximum Gasteiger partial charge on any atom is 0.220 e. The Kier molecular flexibility index (Phi) is 8.58. The van der Waals surface area contributed by atoms with Crippen LogP contribution in [0.25, 0.3) is 0 Å². The lowest BCUT2D eigenvalue weighted by molar-refractivity contribution is -0.121. The van der Waals surface area contributed by atoms with Crippen LogP contribution in [-0.2, 0) is 4.79 Å². The van der Waals surface area contributed by atoms with Crippen molar-refractivity contribution in [1.82, 2.24) is 10.6 Å². The van der Waals surface area contributed by atoms with Crippen molar-refractivity contribution in [1.29, 1.82) is 0 Å². The number of rotatable bonds is 6. The lowest BCUT2D eigenvalue weighted by atomic mass is 10.0. The molecule has 5 nitrogen and oxygen atoms in total. The van der Waals surface area contributed by atoms with Crippen molar-refractivity contribution in [3.8, 4) is 5.75 Å². The average Bonchev–Trinajstić information content (AvgIpc) is 2.53. The SMILES string of the molecule is COc1ccc(Br)cc1C(=O)CCC(=O)NC1CCCNC1.Cl. The zero-order valence-corrected chi connectivity index (χ0v) is 15.5. The van der Waals surface area contributed by atoms with E-state index in [9.17, 15) is 9.59 Å². The first-order chi connectivity index (χ1) is 10.6. The Balaban J connectivity index is 0.00000264. The number of amides is 1. The summed E-state index contributed by atoms with van der Waals surface area (Å²) >= 11 is 3.35. The highest BCUT2D eigenvalue weighted by Gasteiger charge is 2.18. The average molecular weight is 406 g/mol. The second-order valence-corrected chi connectivity index (χ2v) is 6.29. The van der Waals surface area contributed by atoms with Gasteiger partial charge in [0.05, 0.1) is 12.7 Å². The third kappa shape index (κ3) is 6.12. The Morgan fingerprint density at radius 1 is 1.39 bits per heavy atom. The zero-order valence-electron chi connectivity index (χ0n) is 13.1.